The summed E-state index contributed by atoms with van der Waals surface area (Å²) in [6.07, 6.45) is 74.1. The van der Waals surface area contributed by atoms with Crippen molar-refractivity contribution in [2.45, 2.75) is 482 Å². The second kappa shape index (κ2) is 65.4. The van der Waals surface area contributed by atoms with Crippen molar-refractivity contribution in [2.75, 3.05) is 33.0 Å². The largest absolute Gasteiger partial charge is 0.379 e. The molecule has 0 saturated carbocycles. The Morgan fingerprint density at radius 2 is 0.653 bits per heavy atom. The van der Waals surface area contributed by atoms with Gasteiger partial charge in [0.05, 0.1) is 6.61 Å². The lowest BCUT2D eigenvalue weighted by Crippen LogP contribution is -2.58. The minimum absolute atomic E-state index is 0.305. The van der Waals surface area contributed by atoms with Crippen molar-refractivity contribution in [3.63, 3.8) is 0 Å². The van der Waals surface area contributed by atoms with Crippen LogP contribution in [0.15, 0.2) is 42.5 Å². The molecule has 0 N–H and O–H groups in total. The molecule has 1 aliphatic rings. The minimum Gasteiger partial charge on any atom is -0.379 e. The van der Waals surface area contributed by atoms with Crippen LogP contribution in [0.2, 0.25) is 21.6 Å². The summed E-state index contributed by atoms with van der Waals surface area (Å²) in [5.41, 5.74) is 10.3. The highest BCUT2D eigenvalue weighted by Crippen LogP contribution is 2.42. The maximum Gasteiger partial charge on any atom is 0.146 e. The molecule has 0 unspecified atom stereocenters. The summed E-state index contributed by atoms with van der Waals surface area (Å²) < 4.78 is 36.4. The molecular formula is C94H169ClO5Si. The molecule has 2 aromatic carbocycles. The molecule has 0 radical (unpaired) electrons. The van der Waals surface area contributed by atoms with Crippen LogP contribution in [0, 0.1) is 11.5 Å². The molecule has 101 heavy (non-hydrogen) atoms. The van der Waals surface area contributed by atoms with Crippen LogP contribution < -0.4 is 0 Å². The zero-order valence-electron chi connectivity index (χ0n) is 68.9. The van der Waals surface area contributed by atoms with Crippen LogP contribution in [0.1, 0.15) is 457 Å². The molecule has 7 heteroatoms. The lowest BCUT2D eigenvalue weighted by molar-refractivity contribution is -0.268. The molecule has 0 aromatic heterocycles. The van der Waals surface area contributed by atoms with Gasteiger partial charge in [0.1, 0.15) is 38.6 Å². The first-order valence-electron chi connectivity index (χ1n) is 45.0. The molecule has 0 aliphatic carbocycles. The van der Waals surface area contributed by atoms with E-state index in [2.05, 4.69) is 123 Å². The number of ether oxygens (including phenoxy) is 5. The van der Waals surface area contributed by atoms with Gasteiger partial charge in [0.2, 0.25) is 0 Å². The van der Waals surface area contributed by atoms with E-state index in [1.165, 1.54) is 339 Å². The summed E-state index contributed by atoms with van der Waals surface area (Å²) in [5, 5.41) is 0.780. The highest BCUT2D eigenvalue weighted by atomic mass is 35.5. The Hall–Kier alpha value is -1.69. The number of unbranched alkanes of at least 4 members (excludes halogenated alkanes) is 52. The second-order valence-electron chi connectivity index (χ2n) is 32.9. The van der Waals surface area contributed by atoms with Crippen LogP contribution in [0.5, 0.6) is 0 Å². The van der Waals surface area contributed by atoms with Gasteiger partial charge in [-0.1, -0.05) is 445 Å². The molecule has 0 amide bonds. The first-order valence-corrected chi connectivity index (χ1v) is 47.6. The third kappa shape index (κ3) is 45.0. The Morgan fingerprint density at radius 1 is 0.356 bits per heavy atom. The lowest BCUT2D eigenvalue weighted by atomic mass is 9.89. The summed E-state index contributed by atoms with van der Waals surface area (Å²) >= 11 is 7.29. The van der Waals surface area contributed by atoms with Crippen LogP contribution in [0.25, 0.3) is 0 Å². The van der Waals surface area contributed by atoms with Gasteiger partial charge in [0, 0.05) is 37.0 Å². The molecule has 586 valence electrons. The summed E-state index contributed by atoms with van der Waals surface area (Å²) in [6, 6.07) is 15.6. The first-order chi connectivity index (χ1) is 49.5. The van der Waals surface area contributed by atoms with Gasteiger partial charge < -0.3 is 23.7 Å². The Morgan fingerprint density at radius 3 is 0.980 bits per heavy atom. The number of hydrogen-bond donors (Lipinski definition) is 0. The SMILES string of the molecule is CCCCCCCCCCCCCCCCOC[C@H]1O[C@@H](c2ccc(Cl)c(Cc3ccc(C#C[Si](C(C)C)(C(C)C)C(C)C)cc3)c2)[C@H](OCCCCCCCCCCCCCCCC)[C@@H](OCCCCCCCCCCCCCCCC)[C@@H]1OCCCCCCCCCCCCCCCC. The van der Waals surface area contributed by atoms with Crippen LogP contribution >= 0.6 is 11.6 Å². The van der Waals surface area contributed by atoms with Gasteiger partial charge in [-0.15, -0.1) is 5.54 Å². The van der Waals surface area contributed by atoms with Crippen molar-refractivity contribution in [1.29, 1.82) is 0 Å². The highest BCUT2D eigenvalue weighted by Gasteiger charge is 2.49. The zero-order chi connectivity index (χ0) is 72.7. The van der Waals surface area contributed by atoms with Crippen LogP contribution in [0.3, 0.4) is 0 Å². The van der Waals surface area contributed by atoms with Gasteiger partial charge in [-0.3, -0.25) is 0 Å². The van der Waals surface area contributed by atoms with E-state index in [-0.39, 0.29) is 30.5 Å². The maximum atomic E-state index is 7.59. The minimum atomic E-state index is -1.86. The van der Waals surface area contributed by atoms with Gasteiger partial charge in [-0.05, 0) is 83.6 Å². The summed E-state index contributed by atoms with van der Waals surface area (Å²) in [5.74, 6) is 3.70. The molecule has 1 saturated heterocycles. The fourth-order valence-corrected chi connectivity index (χ4v) is 21.9. The van der Waals surface area contributed by atoms with E-state index in [9.17, 15) is 0 Å². The third-order valence-electron chi connectivity index (χ3n) is 23.0. The van der Waals surface area contributed by atoms with Crippen molar-refractivity contribution in [2.24, 2.45) is 0 Å². The molecule has 5 atom stereocenters. The van der Waals surface area contributed by atoms with E-state index < -0.39 is 8.07 Å². The second-order valence-corrected chi connectivity index (χ2v) is 38.9. The molecule has 1 heterocycles. The topological polar surface area (TPSA) is 46.2 Å². The molecule has 1 aliphatic heterocycles. The van der Waals surface area contributed by atoms with Crippen molar-refractivity contribution in [3.8, 4) is 11.5 Å². The molecular weight excluding hydrogens is 1270 g/mol. The molecule has 5 nitrogen and oxygen atoms in total. The van der Waals surface area contributed by atoms with Gasteiger partial charge in [0.25, 0.3) is 0 Å². The van der Waals surface area contributed by atoms with Crippen molar-refractivity contribution >= 4 is 19.7 Å². The summed E-state index contributed by atoms with van der Waals surface area (Å²) in [4.78, 5) is 0. The quantitative estimate of drug-likeness (QED) is 0.0375. The number of halogens is 1. The highest BCUT2D eigenvalue weighted by molar-refractivity contribution is 6.90. The van der Waals surface area contributed by atoms with Crippen molar-refractivity contribution in [1.82, 2.24) is 0 Å². The average molecular weight is 1440 g/mol. The van der Waals surface area contributed by atoms with Crippen LogP contribution in [0.4, 0.5) is 0 Å². The molecule has 0 bridgehead atoms. The summed E-state index contributed by atoms with van der Waals surface area (Å²) in [7, 11) is -1.86. The molecule has 1 fully saturated rings. The number of rotatable bonds is 71. The average Bonchev–Trinajstić information content (AvgIpc) is 0.780. The van der Waals surface area contributed by atoms with E-state index in [1.54, 1.807) is 0 Å². The predicted molar refractivity (Wildman–Crippen MR) is 448 cm³/mol. The normalized spacial score (nSPS) is 16.6. The Labute approximate surface area is 636 Å². The molecule has 3 rings (SSSR count). The predicted octanol–water partition coefficient (Wildman–Crippen LogP) is 31.0. The monoisotopic (exact) mass is 1440 g/mol. The Kier molecular flexibility index (Phi) is 60.5. The number of hydrogen-bond acceptors (Lipinski definition) is 5. The van der Waals surface area contributed by atoms with Crippen LogP contribution in [-0.2, 0) is 30.1 Å². The Balaban J connectivity index is 1.90. The molecule has 2 aromatic rings. The van der Waals surface area contributed by atoms with E-state index in [0.29, 0.717) is 43.1 Å². The lowest BCUT2D eigenvalue weighted by Gasteiger charge is -2.46. The van der Waals surface area contributed by atoms with Crippen LogP contribution in [-0.4, -0.2) is 65.5 Å². The van der Waals surface area contributed by atoms with Gasteiger partial charge in [-0.25, -0.2) is 0 Å². The van der Waals surface area contributed by atoms with E-state index in [4.69, 9.17) is 35.3 Å². The summed E-state index contributed by atoms with van der Waals surface area (Å²) in [6.45, 7) is 26.9. The van der Waals surface area contributed by atoms with Crippen molar-refractivity contribution < 1.29 is 23.7 Å². The third-order valence-corrected chi connectivity index (χ3v) is 29.7. The van der Waals surface area contributed by atoms with Gasteiger partial charge in [0.15, 0.2) is 0 Å². The van der Waals surface area contributed by atoms with E-state index >= 15 is 0 Å². The maximum absolute atomic E-state index is 7.59. The van der Waals surface area contributed by atoms with E-state index in [0.717, 1.165) is 60.4 Å². The number of benzene rings is 2. The first kappa shape index (κ1) is 93.5. The van der Waals surface area contributed by atoms with Crippen molar-refractivity contribution in [3.05, 3.63) is 69.7 Å². The standard InChI is InChI=1S/C94H169ClO5Si/c1-11-15-19-23-27-31-35-39-43-47-51-55-59-63-74-96-81-90-92(97-75-64-60-56-52-48-44-40-36-32-28-24-20-16-12-2)94(99-77-66-62-58-54-50-46-42-38-34-30-26-22-18-14-4)93(98-76-65-61-57-53-49-45-41-37-33-29-25-21-17-13-3)91(100-90)87-71-72-89(95)88(80-87)79-86-69-67-85(68-70-86)73-78-101(82(5)6,83(7)8)84(9)10/h67-72,80,82-84,90-94H,11-66,74-77,79,81H2,1-10H3/t90-,91+,92-,93+,94+/m1/s1. The fourth-order valence-electron chi connectivity index (χ4n) is 16.5. The van der Waals surface area contributed by atoms with E-state index in [1.807, 2.05) is 0 Å². The van der Waals surface area contributed by atoms with Gasteiger partial charge >= 0.3 is 0 Å². The smallest absolute Gasteiger partial charge is 0.146 e. The fraction of sp³-hybridized carbons (Fsp3) is 0.851. The molecule has 0 spiro atoms. The zero-order valence-corrected chi connectivity index (χ0v) is 70.7. The Bertz CT molecular complexity index is 2160. The van der Waals surface area contributed by atoms with Gasteiger partial charge in [-0.2, -0.15) is 0 Å².